The third-order valence-electron chi connectivity index (χ3n) is 4.47. The number of amides is 1. The Morgan fingerprint density at radius 2 is 2.08 bits per heavy atom. The molecule has 0 unspecified atom stereocenters. The SMILES string of the molecule is Cc1noc(C2CCN(Cc3cccc(C(=O)N(C)C)c3)CC2)n1. The van der Waals surface area contributed by atoms with Crippen molar-refractivity contribution in [3.05, 3.63) is 47.1 Å². The smallest absolute Gasteiger partial charge is 0.253 e. The summed E-state index contributed by atoms with van der Waals surface area (Å²) in [6.07, 6.45) is 2.05. The van der Waals surface area contributed by atoms with Crippen molar-refractivity contribution in [2.75, 3.05) is 27.2 Å². The van der Waals surface area contributed by atoms with E-state index in [1.165, 1.54) is 5.56 Å². The standard InChI is InChI=1S/C18H24N4O2/c1-13-19-17(24-20-13)15-7-9-22(10-8-15)12-14-5-4-6-16(11-14)18(23)21(2)3/h4-6,11,15H,7-10,12H2,1-3H3. The Kier molecular flexibility index (Phi) is 4.94. The first-order valence-electron chi connectivity index (χ1n) is 8.36. The maximum absolute atomic E-state index is 12.1. The highest BCUT2D eigenvalue weighted by atomic mass is 16.5. The summed E-state index contributed by atoms with van der Waals surface area (Å²) in [6.45, 7) is 4.71. The minimum atomic E-state index is 0.0438. The third-order valence-corrected chi connectivity index (χ3v) is 4.47. The van der Waals surface area contributed by atoms with E-state index in [-0.39, 0.29) is 5.91 Å². The largest absolute Gasteiger partial charge is 0.345 e. The molecule has 6 nitrogen and oxygen atoms in total. The van der Waals surface area contributed by atoms with Crippen LogP contribution in [0.3, 0.4) is 0 Å². The van der Waals surface area contributed by atoms with Gasteiger partial charge >= 0.3 is 0 Å². The summed E-state index contributed by atoms with van der Waals surface area (Å²) >= 11 is 0. The number of aryl methyl sites for hydroxylation is 1. The predicted molar refractivity (Wildman–Crippen MR) is 90.7 cm³/mol. The molecule has 1 aromatic carbocycles. The molecule has 0 spiro atoms. The lowest BCUT2D eigenvalue weighted by Gasteiger charge is -2.30. The summed E-state index contributed by atoms with van der Waals surface area (Å²) in [6, 6.07) is 7.91. The Morgan fingerprint density at radius 3 is 2.71 bits per heavy atom. The molecule has 1 aromatic heterocycles. The van der Waals surface area contributed by atoms with E-state index >= 15 is 0 Å². The van der Waals surface area contributed by atoms with E-state index in [2.05, 4.69) is 21.1 Å². The maximum atomic E-state index is 12.1. The van der Waals surface area contributed by atoms with E-state index in [0.717, 1.165) is 43.9 Å². The van der Waals surface area contributed by atoms with Gasteiger partial charge in [-0.25, -0.2) is 0 Å². The van der Waals surface area contributed by atoms with Crippen LogP contribution in [0.4, 0.5) is 0 Å². The lowest BCUT2D eigenvalue weighted by Crippen LogP contribution is -2.32. The van der Waals surface area contributed by atoms with Crippen LogP contribution >= 0.6 is 0 Å². The molecule has 0 atom stereocenters. The van der Waals surface area contributed by atoms with E-state index in [9.17, 15) is 4.79 Å². The zero-order chi connectivity index (χ0) is 17.1. The molecule has 1 aliphatic rings. The zero-order valence-electron chi connectivity index (χ0n) is 14.5. The van der Waals surface area contributed by atoms with Gasteiger partial charge in [0.1, 0.15) is 0 Å². The average molecular weight is 328 g/mol. The Balaban J connectivity index is 1.58. The zero-order valence-corrected chi connectivity index (χ0v) is 14.5. The number of rotatable bonds is 4. The van der Waals surface area contributed by atoms with Gasteiger partial charge in [-0.2, -0.15) is 4.98 Å². The monoisotopic (exact) mass is 328 g/mol. The summed E-state index contributed by atoms with van der Waals surface area (Å²) in [5.74, 6) is 1.88. The number of hydrogen-bond acceptors (Lipinski definition) is 5. The van der Waals surface area contributed by atoms with Crippen molar-refractivity contribution in [3.63, 3.8) is 0 Å². The first-order chi connectivity index (χ1) is 11.5. The molecule has 0 radical (unpaired) electrons. The van der Waals surface area contributed by atoms with Gasteiger partial charge in [0.05, 0.1) is 0 Å². The van der Waals surface area contributed by atoms with Gasteiger partial charge in [0.15, 0.2) is 5.82 Å². The highest BCUT2D eigenvalue weighted by Gasteiger charge is 2.24. The van der Waals surface area contributed by atoms with Crippen molar-refractivity contribution in [2.45, 2.75) is 32.2 Å². The lowest BCUT2D eigenvalue weighted by atomic mass is 9.96. The van der Waals surface area contributed by atoms with Crippen LogP contribution in [0.25, 0.3) is 0 Å². The van der Waals surface area contributed by atoms with Crippen LogP contribution in [0.1, 0.15) is 46.4 Å². The number of piperidine rings is 1. The van der Waals surface area contributed by atoms with Gasteiger partial charge in [-0.05, 0) is 50.6 Å². The second-order valence-corrected chi connectivity index (χ2v) is 6.63. The van der Waals surface area contributed by atoms with Crippen molar-refractivity contribution in [3.8, 4) is 0 Å². The molecular weight excluding hydrogens is 304 g/mol. The molecule has 3 rings (SSSR count). The second-order valence-electron chi connectivity index (χ2n) is 6.63. The summed E-state index contributed by atoms with van der Waals surface area (Å²) in [4.78, 5) is 20.5. The molecule has 2 aromatic rings. The fraction of sp³-hybridized carbons (Fsp3) is 0.500. The minimum absolute atomic E-state index is 0.0438. The molecule has 128 valence electrons. The normalized spacial score (nSPS) is 16.3. The number of carbonyl (C=O) groups excluding carboxylic acids is 1. The first-order valence-corrected chi connectivity index (χ1v) is 8.36. The first kappa shape index (κ1) is 16.6. The molecule has 24 heavy (non-hydrogen) atoms. The quantitative estimate of drug-likeness (QED) is 0.863. The van der Waals surface area contributed by atoms with E-state index in [0.29, 0.717) is 11.7 Å². The van der Waals surface area contributed by atoms with E-state index < -0.39 is 0 Å². The number of nitrogens with zero attached hydrogens (tertiary/aromatic N) is 4. The van der Waals surface area contributed by atoms with Crippen LogP contribution in [0.15, 0.2) is 28.8 Å². The maximum Gasteiger partial charge on any atom is 0.253 e. The summed E-state index contributed by atoms with van der Waals surface area (Å²) in [7, 11) is 3.55. The van der Waals surface area contributed by atoms with Gasteiger partial charge in [0.25, 0.3) is 5.91 Å². The summed E-state index contributed by atoms with van der Waals surface area (Å²) in [5.41, 5.74) is 1.92. The van der Waals surface area contributed by atoms with Crippen LogP contribution in [-0.4, -0.2) is 53.0 Å². The fourth-order valence-electron chi connectivity index (χ4n) is 3.14. The van der Waals surface area contributed by atoms with Crippen LogP contribution in [0.5, 0.6) is 0 Å². The summed E-state index contributed by atoms with van der Waals surface area (Å²) in [5, 5.41) is 3.88. The molecule has 2 heterocycles. The van der Waals surface area contributed by atoms with Gasteiger partial charge < -0.3 is 9.42 Å². The van der Waals surface area contributed by atoms with Crippen molar-refractivity contribution in [1.82, 2.24) is 19.9 Å². The molecule has 0 aliphatic carbocycles. The van der Waals surface area contributed by atoms with Crippen LogP contribution in [-0.2, 0) is 6.54 Å². The Hall–Kier alpha value is -2.21. The average Bonchev–Trinajstić information content (AvgIpc) is 3.01. The van der Waals surface area contributed by atoms with E-state index in [4.69, 9.17) is 4.52 Å². The summed E-state index contributed by atoms with van der Waals surface area (Å²) < 4.78 is 5.30. The molecule has 1 amide bonds. The van der Waals surface area contributed by atoms with Crippen molar-refractivity contribution < 1.29 is 9.32 Å². The molecule has 1 aliphatic heterocycles. The molecular formula is C18H24N4O2. The molecule has 0 bridgehead atoms. The molecule has 0 N–H and O–H groups in total. The number of hydrogen-bond donors (Lipinski definition) is 0. The Morgan fingerprint density at radius 1 is 1.33 bits per heavy atom. The van der Waals surface area contributed by atoms with Gasteiger partial charge in [0, 0.05) is 32.1 Å². The number of aromatic nitrogens is 2. The Bertz CT molecular complexity index is 703. The molecule has 6 heteroatoms. The predicted octanol–water partition coefficient (Wildman–Crippen LogP) is 2.46. The van der Waals surface area contributed by atoms with E-state index in [1.54, 1.807) is 19.0 Å². The third kappa shape index (κ3) is 3.82. The van der Waals surface area contributed by atoms with Crippen LogP contribution in [0.2, 0.25) is 0 Å². The topological polar surface area (TPSA) is 62.5 Å². The van der Waals surface area contributed by atoms with Gasteiger partial charge in [-0.1, -0.05) is 17.3 Å². The van der Waals surface area contributed by atoms with Crippen LogP contribution in [0, 0.1) is 6.92 Å². The highest BCUT2D eigenvalue weighted by molar-refractivity contribution is 5.94. The van der Waals surface area contributed by atoms with Crippen LogP contribution < -0.4 is 0 Å². The van der Waals surface area contributed by atoms with Gasteiger partial charge in [-0.15, -0.1) is 0 Å². The highest BCUT2D eigenvalue weighted by Crippen LogP contribution is 2.27. The van der Waals surface area contributed by atoms with Crippen molar-refractivity contribution >= 4 is 5.91 Å². The second kappa shape index (κ2) is 7.13. The lowest BCUT2D eigenvalue weighted by molar-refractivity contribution is 0.0827. The number of benzene rings is 1. The fourth-order valence-corrected chi connectivity index (χ4v) is 3.14. The van der Waals surface area contributed by atoms with E-state index in [1.807, 2.05) is 25.1 Å². The Labute approximate surface area is 142 Å². The number of carbonyl (C=O) groups is 1. The number of likely N-dealkylation sites (tertiary alicyclic amines) is 1. The van der Waals surface area contributed by atoms with Crippen molar-refractivity contribution in [1.29, 1.82) is 0 Å². The molecule has 1 saturated heterocycles. The minimum Gasteiger partial charge on any atom is -0.345 e. The van der Waals surface area contributed by atoms with Crippen molar-refractivity contribution in [2.24, 2.45) is 0 Å². The molecule has 1 fully saturated rings. The van der Waals surface area contributed by atoms with Gasteiger partial charge in [-0.3, -0.25) is 9.69 Å². The molecule has 0 saturated carbocycles. The van der Waals surface area contributed by atoms with Gasteiger partial charge in [0.2, 0.25) is 5.89 Å².